The zero-order valence-electron chi connectivity index (χ0n) is 16.3. The Bertz CT molecular complexity index is 1130. The van der Waals surface area contributed by atoms with Crippen LogP contribution < -0.4 is 4.74 Å². The molecule has 0 unspecified atom stereocenters. The van der Waals surface area contributed by atoms with Gasteiger partial charge in [0, 0.05) is 0 Å². The molecule has 1 aliphatic heterocycles. The molecule has 4 nitrogen and oxygen atoms in total. The summed E-state index contributed by atoms with van der Waals surface area (Å²) in [5.41, 5.74) is 3.07. The molecule has 0 saturated carbocycles. The molecule has 0 bridgehead atoms. The Morgan fingerprint density at radius 3 is 2.66 bits per heavy atom. The summed E-state index contributed by atoms with van der Waals surface area (Å²) in [6.45, 7) is 4.47. The molecule has 3 aromatic rings. The quantitative estimate of drug-likeness (QED) is 0.522. The Morgan fingerprint density at radius 1 is 1.00 bits per heavy atom. The van der Waals surface area contributed by atoms with Crippen LogP contribution in [-0.2, 0) is 4.79 Å². The number of imide groups is 1. The maximum absolute atomic E-state index is 12.8. The summed E-state index contributed by atoms with van der Waals surface area (Å²) in [7, 11) is 0. The number of rotatable bonds is 5. The molecule has 1 heterocycles. The predicted octanol–water partition coefficient (Wildman–Crippen LogP) is 5.57. The van der Waals surface area contributed by atoms with Crippen LogP contribution in [-0.4, -0.2) is 29.2 Å². The fraction of sp³-hybridized carbons (Fsp3) is 0.167. The molecule has 0 radical (unpaired) electrons. The second-order valence-electron chi connectivity index (χ2n) is 7.02. The van der Waals surface area contributed by atoms with Gasteiger partial charge in [-0.3, -0.25) is 14.5 Å². The second-order valence-corrected chi connectivity index (χ2v) is 8.01. The third-order valence-corrected chi connectivity index (χ3v) is 5.81. The normalized spacial score (nSPS) is 15.5. The van der Waals surface area contributed by atoms with Gasteiger partial charge in [0.2, 0.25) is 0 Å². The zero-order chi connectivity index (χ0) is 20.4. The fourth-order valence-electron chi connectivity index (χ4n) is 3.32. The van der Waals surface area contributed by atoms with E-state index < -0.39 is 0 Å². The lowest BCUT2D eigenvalue weighted by molar-refractivity contribution is -0.123. The molecule has 1 fully saturated rings. The predicted molar refractivity (Wildman–Crippen MR) is 118 cm³/mol. The summed E-state index contributed by atoms with van der Waals surface area (Å²) < 4.78 is 5.81. The van der Waals surface area contributed by atoms with Crippen molar-refractivity contribution >= 4 is 39.8 Å². The van der Waals surface area contributed by atoms with Crippen molar-refractivity contribution in [3.63, 3.8) is 0 Å². The van der Waals surface area contributed by atoms with E-state index in [1.165, 1.54) is 4.90 Å². The zero-order valence-corrected chi connectivity index (χ0v) is 17.2. The fourth-order valence-corrected chi connectivity index (χ4v) is 4.18. The van der Waals surface area contributed by atoms with Gasteiger partial charge in [-0.25, -0.2) is 0 Å². The molecule has 1 saturated heterocycles. The Hall–Kier alpha value is -3.05. The summed E-state index contributed by atoms with van der Waals surface area (Å²) in [6, 6.07) is 19.9. The minimum atomic E-state index is -0.266. The number of ether oxygens (including phenoxy) is 1. The average Bonchev–Trinajstić information content (AvgIpc) is 2.98. The van der Waals surface area contributed by atoms with Crippen molar-refractivity contribution in [2.45, 2.75) is 13.8 Å². The minimum absolute atomic E-state index is 0.227. The van der Waals surface area contributed by atoms with E-state index >= 15 is 0 Å². The molecule has 29 heavy (non-hydrogen) atoms. The van der Waals surface area contributed by atoms with Gasteiger partial charge >= 0.3 is 0 Å². The van der Waals surface area contributed by atoms with Crippen molar-refractivity contribution in [3.05, 3.63) is 82.3 Å². The van der Waals surface area contributed by atoms with Crippen molar-refractivity contribution in [3.8, 4) is 5.75 Å². The van der Waals surface area contributed by atoms with Crippen LogP contribution >= 0.6 is 11.8 Å². The van der Waals surface area contributed by atoms with Gasteiger partial charge in [0.05, 0.1) is 11.4 Å². The van der Waals surface area contributed by atoms with Gasteiger partial charge in [0.1, 0.15) is 12.4 Å². The summed E-state index contributed by atoms with van der Waals surface area (Å²) in [5, 5.41) is 1.90. The van der Waals surface area contributed by atoms with Crippen LogP contribution in [0.5, 0.6) is 5.75 Å². The first-order valence-electron chi connectivity index (χ1n) is 9.46. The van der Waals surface area contributed by atoms with Crippen LogP contribution in [0.15, 0.2) is 65.6 Å². The Kier molecular flexibility index (Phi) is 5.41. The van der Waals surface area contributed by atoms with Gasteiger partial charge in [-0.2, -0.15) is 0 Å². The third-order valence-electron chi connectivity index (χ3n) is 4.90. The molecular formula is C24H21NO3S. The van der Waals surface area contributed by atoms with E-state index in [0.717, 1.165) is 45.0 Å². The molecule has 0 N–H and O–H groups in total. The van der Waals surface area contributed by atoms with E-state index in [0.29, 0.717) is 4.91 Å². The van der Waals surface area contributed by atoms with Crippen LogP contribution in [0.2, 0.25) is 0 Å². The summed E-state index contributed by atoms with van der Waals surface area (Å²) in [6.07, 6.45) is 1.80. The molecule has 146 valence electrons. The molecular weight excluding hydrogens is 382 g/mol. The largest absolute Gasteiger partial charge is 0.491 e. The van der Waals surface area contributed by atoms with E-state index in [1.54, 1.807) is 6.08 Å². The van der Waals surface area contributed by atoms with Crippen molar-refractivity contribution in [1.29, 1.82) is 0 Å². The number of benzene rings is 3. The topological polar surface area (TPSA) is 46.6 Å². The monoisotopic (exact) mass is 403 g/mol. The number of thioether (sulfide) groups is 1. The number of carbonyl (C=O) groups is 2. The number of hydrogen-bond acceptors (Lipinski definition) is 4. The summed E-state index contributed by atoms with van der Waals surface area (Å²) in [4.78, 5) is 26.9. The van der Waals surface area contributed by atoms with Crippen LogP contribution in [0.1, 0.15) is 16.7 Å². The molecule has 0 atom stereocenters. The molecule has 1 aliphatic rings. The average molecular weight is 404 g/mol. The number of amides is 2. The molecule has 2 amide bonds. The first kappa shape index (κ1) is 19.3. The van der Waals surface area contributed by atoms with Gasteiger partial charge in [0.15, 0.2) is 0 Å². The SMILES string of the molecule is Cc1ccc(C)c(OCCN2C(=O)S/C(=C\c3cccc4ccccc34)C2=O)c1. The van der Waals surface area contributed by atoms with Crippen LogP contribution in [0.25, 0.3) is 16.8 Å². The van der Waals surface area contributed by atoms with Gasteiger partial charge in [0.25, 0.3) is 11.1 Å². The number of nitrogens with zero attached hydrogens (tertiary/aromatic N) is 1. The van der Waals surface area contributed by atoms with Gasteiger partial charge in [-0.05, 0) is 65.2 Å². The van der Waals surface area contributed by atoms with Crippen molar-refractivity contribution in [2.75, 3.05) is 13.2 Å². The highest BCUT2D eigenvalue weighted by Gasteiger charge is 2.34. The second kappa shape index (κ2) is 8.13. The van der Waals surface area contributed by atoms with Crippen LogP contribution in [0.3, 0.4) is 0 Å². The Morgan fingerprint density at radius 2 is 1.79 bits per heavy atom. The smallest absolute Gasteiger partial charge is 0.293 e. The summed E-state index contributed by atoms with van der Waals surface area (Å²) >= 11 is 0.980. The van der Waals surface area contributed by atoms with Gasteiger partial charge in [-0.1, -0.05) is 54.6 Å². The minimum Gasteiger partial charge on any atom is -0.491 e. The Labute approximate surface area is 174 Å². The van der Waals surface area contributed by atoms with E-state index in [9.17, 15) is 9.59 Å². The molecule has 5 heteroatoms. The van der Waals surface area contributed by atoms with Gasteiger partial charge < -0.3 is 4.74 Å². The van der Waals surface area contributed by atoms with E-state index in [-0.39, 0.29) is 24.3 Å². The van der Waals surface area contributed by atoms with Crippen LogP contribution in [0, 0.1) is 13.8 Å². The van der Waals surface area contributed by atoms with Crippen LogP contribution in [0.4, 0.5) is 4.79 Å². The lowest BCUT2D eigenvalue weighted by atomic mass is 10.0. The first-order valence-corrected chi connectivity index (χ1v) is 10.3. The van der Waals surface area contributed by atoms with Crippen molar-refractivity contribution < 1.29 is 14.3 Å². The van der Waals surface area contributed by atoms with E-state index in [1.807, 2.05) is 74.5 Å². The lowest BCUT2D eigenvalue weighted by Gasteiger charge is -2.14. The van der Waals surface area contributed by atoms with Gasteiger partial charge in [-0.15, -0.1) is 0 Å². The number of fused-ring (bicyclic) bond motifs is 1. The molecule has 0 aromatic heterocycles. The highest BCUT2D eigenvalue weighted by atomic mass is 32.2. The standard InChI is InChI=1S/C24H21NO3S/c1-16-10-11-17(2)21(14-16)28-13-12-25-23(26)22(29-24(25)27)15-19-8-5-7-18-6-3-4-9-20(18)19/h3-11,14-15H,12-13H2,1-2H3/b22-15-. The van der Waals surface area contributed by atoms with E-state index in [2.05, 4.69) is 0 Å². The maximum Gasteiger partial charge on any atom is 0.293 e. The van der Waals surface area contributed by atoms with Crippen molar-refractivity contribution in [1.82, 2.24) is 4.90 Å². The number of aryl methyl sites for hydroxylation is 2. The number of carbonyl (C=O) groups excluding carboxylic acids is 2. The first-order chi connectivity index (χ1) is 14.0. The molecule has 0 spiro atoms. The molecule has 3 aromatic carbocycles. The maximum atomic E-state index is 12.8. The van der Waals surface area contributed by atoms with Crippen molar-refractivity contribution in [2.24, 2.45) is 0 Å². The summed E-state index contributed by atoms with van der Waals surface area (Å²) in [5.74, 6) is 0.515. The lowest BCUT2D eigenvalue weighted by Crippen LogP contribution is -2.32. The highest BCUT2D eigenvalue weighted by Crippen LogP contribution is 2.33. The highest BCUT2D eigenvalue weighted by molar-refractivity contribution is 8.18. The molecule has 4 rings (SSSR count). The third kappa shape index (κ3) is 4.05. The van der Waals surface area contributed by atoms with E-state index in [4.69, 9.17) is 4.74 Å². The molecule has 0 aliphatic carbocycles. The Balaban J connectivity index is 1.48. The number of hydrogen-bond donors (Lipinski definition) is 0.